The zero-order chi connectivity index (χ0) is 23.8. The highest BCUT2D eigenvalue weighted by Crippen LogP contribution is 2.23. The predicted octanol–water partition coefficient (Wildman–Crippen LogP) is 4.66. The van der Waals surface area contributed by atoms with Gasteiger partial charge in [0.1, 0.15) is 23.2 Å². The van der Waals surface area contributed by atoms with Crippen LogP contribution >= 0.6 is 12.2 Å². The number of nitrogens with one attached hydrogen (secondary N) is 1. The Morgan fingerprint density at radius 3 is 2.27 bits per heavy atom. The van der Waals surface area contributed by atoms with Gasteiger partial charge in [0.2, 0.25) is 0 Å². The number of thiocarbonyl (C=S) groups is 1. The minimum atomic E-state index is -0.574. The second kappa shape index (κ2) is 11.3. The predicted molar refractivity (Wildman–Crippen MR) is 132 cm³/mol. The van der Waals surface area contributed by atoms with E-state index in [1.165, 1.54) is 0 Å². The van der Waals surface area contributed by atoms with E-state index in [-0.39, 0.29) is 12.6 Å². The van der Waals surface area contributed by atoms with Gasteiger partial charge in [0, 0.05) is 6.54 Å². The van der Waals surface area contributed by atoms with Crippen LogP contribution in [0.5, 0.6) is 0 Å². The maximum atomic E-state index is 12.8. The van der Waals surface area contributed by atoms with Crippen molar-refractivity contribution in [1.82, 2.24) is 10.2 Å². The monoisotopic (exact) mass is 468 g/mol. The topological polar surface area (TPSA) is 67.9 Å². The van der Waals surface area contributed by atoms with Gasteiger partial charge in [-0.25, -0.2) is 9.59 Å². The summed E-state index contributed by atoms with van der Waals surface area (Å²) in [5.74, 6) is -0.285. The van der Waals surface area contributed by atoms with Gasteiger partial charge in [-0.1, -0.05) is 72.9 Å². The van der Waals surface area contributed by atoms with Crippen LogP contribution in [0.2, 0.25) is 0 Å². The molecule has 1 saturated heterocycles. The van der Waals surface area contributed by atoms with Crippen molar-refractivity contribution >= 4 is 29.3 Å². The molecule has 1 heterocycles. The first-order chi connectivity index (χ1) is 15.7. The molecule has 2 aromatic carbocycles. The summed E-state index contributed by atoms with van der Waals surface area (Å²) in [6.45, 7) is 6.37. The summed E-state index contributed by atoms with van der Waals surface area (Å²) < 4.78 is 11.0. The van der Waals surface area contributed by atoms with Gasteiger partial charge in [0.05, 0.1) is 6.04 Å². The van der Waals surface area contributed by atoms with Gasteiger partial charge in [0.15, 0.2) is 0 Å². The average molecular weight is 469 g/mol. The summed E-state index contributed by atoms with van der Waals surface area (Å²) in [5.41, 5.74) is 1.36. The lowest BCUT2D eigenvalue weighted by molar-refractivity contribution is -0.159. The molecule has 1 amide bonds. The van der Waals surface area contributed by atoms with Crippen molar-refractivity contribution in [1.29, 1.82) is 0 Å². The van der Waals surface area contributed by atoms with E-state index in [2.05, 4.69) is 5.32 Å². The van der Waals surface area contributed by atoms with Crippen molar-refractivity contribution in [2.24, 2.45) is 0 Å². The minimum absolute atomic E-state index is 0.168. The molecule has 3 rings (SSSR count). The molecule has 2 unspecified atom stereocenters. The molecule has 2 aromatic rings. The number of likely N-dealkylation sites (tertiary alicyclic amines) is 1. The standard InChI is InChI=1S/C26H32N2O4S/c1-26(2,3)32-24(29)22-15-10-16-28(22)23(33)21(17-19-11-6-4-7-12-19)27-25(30)31-18-20-13-8-5-9-14-20/h4-9,11-14,21-22H,10,15-18H2,1-3H3,(H,27,30). The molecule has 1 aliphatic heterocycles. The Labute approximate surface area is 201 Å². The van der Waals surface area contributed by atoms with Crippen molar-refractivity contribution < 1.29 is 19.1 Å². The van der Waals surface area contributed by atoms with E-state index < -0.39 is 23.8 Å². The van der Waals surface area contributed by atoms with Crippen LogP contribution < -0.4 is 5.32 Å². The van der Waals surface area contributed by atoms with E-state index >= 15 is 0 Å². The molecule has 0 spiro atoms. The highest BCUT2D eigenvalue weighted by atomic mass is 32.1. The third-order valence-corrected chi connectivity index (χ3v) is 5.82. The second-order valence-electron chi connectivity index (χ2n) is 9.17. The van der Waals surface area contributed by atoms with Crippen LogP contribution in [0.3, 0.4) is 0 Å². The highest BCUT2D eigenvalue weighted by molar-refractivity contribution is 7.80. The third kappa shape index (κ3) is 7.56. The zero-order valence-electron chi connectivity index (χ0n) is 19.5. The Balaban J connectivity index is 1.71. The minimum Gasteiger partial charge on any atom is -0.458 e. The first-order valence-electron chi connectivity index (χ1n) is 11.3. The molecular formula is C26H32N2O4S. The van der Waals surface area contributed by atoms with Crippen LogP contribution in [0.15, 0.2) is 60.7 Å². The molecule has 2 atom stereocenters. The molecule has 1 N–H and O–H groups in total. The third-order valence-electron chi connectivity index (χ3n) is 5.30. The SMILES string of the molecule is CC(C)(C)OC(=O)C1CCCN1C(=S)C(Cc1ccccc1)NC(=O)OCc1ccccc1. The van der Waals surface area contributed by atoms with Crippen LogP contribution in [0.25, 0.3) is 0 Å². The van der Waals surface area contributed by atoms with Gasteiger partial charge in [-0.05, 0) is 51.2 Å². The Hall–Kier alpha value is -2.93. The summed E-state index contributed by atoms with van der Waals surface area (Å²) in [6.07, 6.45) is 1.46. The fraction of sp³-hybridized carbons (Fsp3) is 0.423. The van der Waals surface area contributed by atoms with Crippen molar-refractivity contribution in [3.63, 3.8) is 0 Å². The molecule has 0 aliphatic carbocycles. The van der Waals surface area contributed by atoms with Crippen molar-refractivity contribution in [3.8, 4) is 0 Å². The molecule has 6 nitrogen and oxygen atoms in total. The smallest absolute Gasteiger partial charge is 0.408 e. The normalized spacial score (nSPS) is 16.7. The van der Waals surface area contributed by atoms with Crippen molar-refractivity contribution in [3.05, 3.63) is 71.8 Å². The van der Waals surface area contributed by atoms with Crippen LogP contribution in [0.4, 0.5) is 4.79 Å². The second-order valence-corrected chi connectivity index (χ2v) is 9.59. The van der Waals surface area contributed by atoms with E-state index in [9.17, 15) is 9.59 Å². The molecule has 7 heteroatoms. The first kappa shape index (κ1) is 24.7. The first-order valence-corrected chi connectivity index (χ1v) is 11.7. The quantitative estimate of drug-likeness (QED) is 0.471. The van der Waals surface area contributed by atoms with E-state index in [0.717, 1.165) is 17.5 Å². The summed E-state index contributed by atoms with van der Waals surface area (Å²) in [4.78, 5) is 27.9. The molecule has 1 aliphatic rings. The Morgan fingerprint density at radius 1 is 1.06 bits per heavy atom. The number of ether oxygens (including phenoxy) is 2. The fourth-order valence-electron chi connectivity index (χ4n) is 3.80. The average Bonchev–Trinajstić information content (AvgIpc) is 3.27. The lowest BCUT2D eigenvalue weighted by atomic mass is 10.0. The van der Waals surface area contributed by atoms with E-state index in [0.29, 0.717) is 24.4 Å². The molecule has 0 saturated carbocycles. The number of nitrogens with zero attached hydrogens (tertiary/aromatic N) is 1. The summed E-state index contributed by atoms with van der Waals surface area (Å²) >= 11 is 5.82. The summed E-state index contributed by atoms with van der Waals surface area (Å²) in [7, 11) is 0. The van der Waals surface area contributed by atoms with Gasteiger partial charge >= 0.3 is 12.1 Å². The Morgan fingerprint density at radius 2 is 1.67 bits per heavy atom. The lowest BCUT2D eigenvalue weighted by Crippen LogP contribution is -2.52. The van der Waals surface area contributed by atoms with Crippen LogP contribution in [-0.2, 0) is 27.3 Å². The number of amides is 1. The summed E-state index contributed by atoms with van der Waals surface area (Å²) in [5, 5.41) is 2.92. The van der Waals surface area contributed by atoms with E-state index in [1.54, 1.807) is 0 Å². The largest absolute Gasteiger partial charge is 0.458 e. The number of rotatable bonds is 7. The van der Waals surface area contributed by atoms with E-state index in [4.69, 9.17) is 21.7 Å². The lowest BCUT2D eigenvalue weighted by Gasteiger charge is -2.32. The van der Waals surface area contributed by atoms with Gasteiger partial charge < -0.3 is 19.7 Å². The molecule has 33 heavy (non-hydrogen) atoms. The highest BCUT2D eigenvalue weighted by Gasteiger charge is 2.37. The van der Waals surface area contributed by atoms with Crippen LogP contribution in [-0.4, -0.2) is 46.2 Å². The van der Waals surface area contributed by atoms with Crippen molar-refractivity contribution in [2.45, 2.75) is 64.3 Å². The van der Waals surface area contributed by atoms with Gasteiger partial charge in [-0.3, -0.25) is 0 Å². The maximum Gasteiger partial charge on any atom is 0.408 e. The molecular weight excluding hydrogens is 436 g/mol. The van der Waals surface area contributed by atoms with Crippen LogP contribution in [0, 0.1) is 0 Å². The molecule has 0 aromatic heterocycles. The number of carbonyl (C=O) groups excluding carboxylic acids is 2. The maximum absolute atomic E-state index is 12.8. The Kier molecular flexibility index (Phi) is 8.44. The summed E-state index contributed by atoms with van der Waals surface area (Å²) in [6, 6.07) is 18.4. The van der Waals surface area contributed by atoms with E-state index in [1.807, 2.05) is 86.3 Å². The number of hydrogen-bond acceptors (Lipinski definition) is 5. The number of alkyl carbamates (subject to hydrolysis) is 1. The zero-order valence-corrected chi connectivity index (χ0v) is 20.3. The van der Waals surface area contributed by atoms with Crippen LogP contribution in [0.1, 0.15) is 44.7 Å². The number of hydrogen-bond donors (Lipinski definition) is 1. The Bertz CT molecular complexity index is 944. The van der Waals surface area contributed by atoms with Gasteiger partial charge in [-0.2, -0.15) is 0 Å². The molecule has 0 radical (unpaired) electrons. The molecule has 1 fully saturated rings. The number of benzene rings is 2. The molecule has 0 bridgehead atoms. The van der Waals surface area contributed by atoms with Gasteiger partial charge in [0.25, 0.3) is 0 Å². The number of carbonyl (C=O) groups is 2. The van der Waals surface area contributed by atoms with Gasteiger partial charge in [-0.15, -0.1) is 0 Å². The number of esters is 1. The molecule has 176 valence electrons. The fourth-order valence-corrected chi connectivity index (χ4v) is 4.16. The van der Waals surface area contributed by atoms with Crippen molar-refractivity contribution in [2.75, 3.05) is 6.54 Å².